The minimum absolute atomic E-state index is 0.0348. The maximum Gasteiger partial charge on any atom is 0.296 e. The van der Waals surface area contributed by atoms with E-state index in [4.69, 9.17) is 14.2 Å². The highest BCUT2D eigenvalue weighted by atomic mass is 19.3. The van der Waals surface area contributed by atoms with Crippen LogP contribution in [0.2, 0.25) is 0 Å². The van der Waals surface area contributed by atoms with Crippen LogP contribution in [0.1, 0.15) is 18.5 Å². The smallest absolute Gasteiger partial charge is 0.296 e. The van der Waals surface area contributed by atoms with E-state index in [0.717, 1.165) is 5.69 Å². The van der Waals surface area contributed by atoms with Gasteiger partial charge in [-0.3, -0.25) is 0 Å². The molecule has 1 aliphatic carbocycles. The summed E-state index contributed by atoms with van der Waals surface area (Å²) in [5.74, 6) is -3.34. The number of hydrogen-bond acceptors (Lipinski definition) is 6. The highest BCUT2D eigenvalue weighted by Gasteiger charge is 2.46. The lowest BCUT2D eigenvalue weighted by molar-refractivity contribution is -0.146. The van der Waals surface area contributed by atoms with Crippen LogP contribution in [0.5, 0.6) is 11.6 Å². The molecule has 1 saturated heterocycles. The Hall–Kier alpha value is -3.11. The van der Waals surface area contributed by atoms with Crippen LogP contribution in [0.4, 0.5) is 13.2 Å². The Balaban J connectivity index is 1.59. The van der Waals surface area contributed by atoms with E-state index in [2.05, 4.69) is 15.0 Å². The summed E-state index contributed by atoms with van der Waals surface area (Å²) < 4.78 is 61.9. The summed E-state index contributed by atoms with van der Waals surface area (Å²) in [6.45, 7) is 1.92. The van der Waals surface area contributed by atoms with Crippen LogP contribution in [0.25, 0.3) is 22.7 Å². The number of benzene rings is 1. The number of H-pyrrole nitrogens is 1. The van der Waals surface area contributed by atoms with Crippen LogP contribution < -0.4 is 15.3 Å². The van der Waals surface area contributed by atoms with Gasteiger partial charge in [0.1, 0.15) is 17.3 Å². The van der Waals surface area contributed by atoms with Crippen LogP contribution >= 0.6 is 0 Å². The van der Waals surface area contributed by atoms with E-state index in [1.807, 2.05) is 6.92 Å². The first kappa shape index (κ1) is 22.7. The van der Waals surface area contributed by atoms with Gasteiger partial charge in [0.15, 0.2) is 17.7 Å². The maximum atomic E-state index is 15.2. The fraction of sp³-hybridized carbons (Fsp3) is 0.417. The molecule has 34 heavy (non-hydrogen) atoms. The van der Waals surface area contributed by atoms with Gasteiger partial charge in [-0.05, 0) is 38.2 Å². The number of aromatic nitrogens is 3. The highest BCUT2D eigenvalue weighted by Crippen LogP contribution is 2.33. The number of halogens is 3. The monoisotopic (exact) mass is 474 g/mol. The molecule has 0 bridgehead atoms. The number of alkyl halides is 2. The van der Waals surface area contributed by atoms with Crippen molar-refractivity contribution in [3.63, 3.8) is 0 Å². The second-order valence-corrected chi connectivity index (χ2v) is 8.79. The third-order valence-corrected chi connectivity index (χ3v) is 6.21. The van der Waals surface area contributed by atoms with Gasteiger partial charge in [0.25, 0.3) is 5.92 Å². The molecule has 3 aromatic rings. The molecule has 1 unspecified atom stereocenters. The average molecular weight is 474 g/mol. The van der Waals surface area contributed by atoms with Crippen molar-refractivity contribution in [2.45, 2.75) is 37.9 Å². The van der Waals surface area contributed by atoms with E-state index in [0.29, 0.717) is 28.0 Å². The molecule has 0 radical (unpaired) electrons. The zero-order chi connectivity index (χ0) is 24.0. The van der Waals surface area contributed by atoms with Crippen molar-refractivity contribution >= 4 is 22.7 Å². The van der Waals surface area contributed by atoms with Gasteiger partial charge in [-0.25, -0.2) is 23.1 Å². The molecular weight excluding hydrogens is 449 g/mol. The standard InChI is InChI=1S/C24H25F3N4O3/c1-13-8-15-16(30-13)4-5-18(22(15)25)34-23-21-17(28-12-29-23)9-14(32-3)10-19(21)33-20-6-7-31(2)11-24(20,26)27/h4-5,8-9,12,14,20,30H,6-7,10-11H2,1-3H3/t14?,20-/m0/s1. The van der Waals surface area contributed by atoms with Crippen molar-refractivity contribution < 1.29 is 27.4 Å². The van der Waals surface area contributed by atoms with Gasteiger partial charge in [-0.2, -0.15) is 0 Å². The number of aromatic amines is 1. The van der Waals surface area contributed by atoms with Crippen molar-refractivity contribution in [3.05, 3.63) is 46.6 Å². The number of aryl methyl sites for hydroxylation is 1. The van der Waals surface area contributed by atoms with Crippen LogP contribution in [0, 0.1) is 12.7 Å². The molecule has 0 spiro atoms. The molecule has 180 valence electrons. The lowest BCUT2D eigenvalue weighted by Gasteiger charge is -2.37. The van der Waals surface area contributed by atoms with Crippen LogP contribution in [-0.2, 0) is 9.47 Å². The lowest BCUT2D eigenvalue weighted by Crippen LogP contribution is -2.52. The summed E-state index contributed by atoms with van der Waals surface area (Å²) in [5, 5.41) is 1.14. The van der Waals surface area contributed by atoms with Crippen LogP contribution in [0.15, 0.2) is 24.5 Å². The van der Waals surface area contributed by atoms with Crippen LogP contribution in [-0.4, -0.2) is 65.2 Å². The molecule has 1 aliphatic heterocycles. The molecule has 1 fully saturated rings. The molecule has 7 nitrogen and oxygen atoms in total. The second kappa shape index (κ2) is 8.59. The number of hydrogen-bond donors (Lipinski definition) is 1. The fourth-order valence-corrected chi connectivity index (χ4v) is 4.50. The minimum atomic E-state index is -3.04. The Morgan fingerprint density at radius 3 is 2.82 bits per heavy atom. The van der Waals surface area contributed by atoms with Crippen molar-refractivity contribution in [2.75, 3.05) is 27.2 Å². The molecule has 3 heterocycles. The zero-order valence-corrected chi connectivity index (χ0v) is 19.1. The molecular formula is C24H25F3N4O3. The number of methoxy groups -OCH3 is 1. The zero-order valence-electron chi connectivity index (χ0n) is 19.1. The van der Waals surface area contributed by atoms with Crippen molar-refractivity contribution in [1.82, 2.24) is 19.9 Å². The second-order valence-electron chi connectivity index (χ2n) is 8.79. The molecule has 0 saturated carbocycles. The summed E-state index contributed by atoms with van der Waals surface area (Å²) in [6.07, 6.45) is 1.66. The Bertz CT molecular complexity index is 1360. The first-order valence-corrected chi connectivity index (χ1v) is 11.0. The number of ether oxygens (including phenoxy) is 3. The molecule has 2 aromatic heterocycles. The van der Waals surface area contributed by atoms with E-state index >= 15 is 4.39 Å². The summed E-state index contributed by atoms with van der Waals surface area (Å²) in [5.41, 5.74) is 1.46. The van der Waals surface area contributed by atoms with Crippen molar-refractivity contribution in [2.24, 2.45) is 0 Å². The van der Waals surface area contributed by atoms with Crippen molar-refractivity contribution in [1.29, 1.82) is 0 Å². The molecule has 1 aromatic carbocycles. The molecule has 0 amide bonds. The highest BCUT2D eigenvalue weighted by molar-refractivity contribution is 5.82. The first-order valence-electron chi connectivity index (χ1n) is 11.0. The molecule has 10 heteroatoms. The van der Waals surface area contributed by atoms with E-state index in [1.165, 1.54) is 19.5 Å². The lowest BCUT2D eigenvalue weighted by atomic mass is 10.0. The van der Waals surface area contributed by atoms with Gasteiger partial charge in [-0.15, -0.1) is 0 Å². The number of nitrogens with one attached hydrogen (secondary N) is 1. The number of rotatable bonds is 5. The summed E-state index contributed by atoms with van der Waals surface area (Å²) in [7, 11) is 3.18. The average Bonchev–Trinajstić information content (AvgIpc) is 3.18. The van der Waals surface area contributed by atoms with E-state index in [-0.39, 0.29) is 30.2 Å². The van der Waals surface area contributed by atoms with Crippen molar-refractivity contribution in [3.8, 4) is 11.6 Å². The number of piperidine rings is 1. The van der Waals surface area contributed by atoms with Gasteiger partial charge >= 0.3 is 0 Å². The number of fused-ring (bicyclic) bond motifs is 2. The third-order valence-electron chi connectivity index (χ3n) is 6.21. The van der Waals surface area contributed by atoms with Gasteiger partial charge in [0.05, 0.1) is 18.0 Å². The van der Waals surface area contributed by atoms with E-state index in [9.17, 15) is 8.78 Å². The van der Waals surface area contributed by atoms with Gasteiger partial charge < -0.3 is 24.1 Å². The first-order chi connectivity index (χ1) is 16.2. The largest absolute Gasteiger partial charge is 0.487 e. The normalized spacial score (nSPS) is 22.4. The number of likely N-dealkylation sites (tertiary alicyclic amines) is 1. The minimum Gasteiger partial charge on any atom is -0.487 e. The topological polar surface area (TPSA) is 72.5 Å². The Kier molecular flexibility index (Phi) is 5.73. The third kappa shape index (κ3) is 4.12. The molecule has 2 aliphatic rings. The summed E-state index contributed by atoms with van der Waals surface area (Å²) in [4.78, 5) is 13.1. The predicted octanol–water partition coefficient (Wildman–Crippen LogP) is 2.86. The SMILES string of the molecule is COC1C=c2ncnc(Oc3ccc4[nH]c(C)cc4c3F)c2=C(O[C@H]2CCN(C)CC2(F)F)C1. The van der Waals surface area contributed by atoms with Gasteiger partial charge in [0.2, 0.25) is 5.88 Å². The number of nitrogens with zero attached hydrogens (tertiary/aromatic N) is 3. The van der Waals surface area contributed by atoms with E-state index < -0.39 is 30.5 Å². The maximum absolute atomic E-state index is 15.2. The van der Waals surface area contributed by atoms with Crippen LogP contribution in [0.3, 0.4) is 0 Å². The molecule has 5 rings (SSSR count). The molecule has 1 N–H and O–H groups in total. The Labute approximate surface area is 193 Å². The summed E-state index contributed by atoms with van der Waals surface area (Å²) in [6, 6.07) is 4.90. The van der Waals surface area contributed by atoms with Gasteiger partial charge in [-0.1, -0.05) is 0 Å². The summed E-state index contributed by atoms with van der Waals surface area (Å²) >= 11 is 0. The van der Waals surface area contributed by atoms with Gasteiger partial charge in [0, 0.05) is 43.1 Å². The molecule has 2 atom stereocenters. The predicted molar refractivity (Wildman–Crippen MR) is 120 cm³/mol. The Morgan fingerprint density at radius 2 is 2.06 bits per heavy atom. The van der Waals surface area contributed by atoms with E-state index in [1.54, 1.807) is 30.2 Å². The Morgan fingerprint density at radius 1 is 1.24 bits per heavy atom. The fourth-order valence-electron chi connectivity index (χ4n) is 4.50. The quantitative estimate of drug-likeness (QED) is 0.613.